The van der Waals surface area contributed by atoms with Crippen molar-refractivity contribution in [2.24, 2.45) is 0 Å². The molecule has 2 aromatic rings. The largest absolute Gasteiger partial charge is 0.494 e. The maximum absolute atomic E-state index is 13.5. The standard InChI is InChI=1S/C15H15FN2O3/c1-2-21-13-5-3-4-11(8-13)10-17-12-6-7-15(18(19)20)14(16)9-12/h3-9,17H,2,10H2,1H3. The number of halogens is 1. The van der Waals surface area contributed by atoms with Crippen LogP contribution in [-0.4, -0.2) is 11.5 Å². The summed E-state index contributed by atoms with van der Waals surface area (Å²) in [6, 6.07) is 11.3. The smallest absolute Gasteiger partial charge is 0.304 e. The third-order valence-electron chi connectivity index (χ3n) is 2.85. The normalized spacial score (nSPS) is 10.2. The van der Waals surface area contributed by atoms with Crippen LogP contribution in [0, 0.1) is 15.9 Å². The van der Waals surface area contributed by atoms with E-state index in [0.717, 1.165) is 23.4 Å². The van der Waals surface area contributed by atoms with Crippen LogP contribution in [0.2, 0.25) is 0 Å². The van der Waals surface area contributed by atoms with E-state index in [-0.39, 0.29) is 0 Å². The van der Waals surface area contributed by atoms with Crippen LogP contribution in [0.1, 0.15) is 12.5 Å². The maximum Gasteiger partial charge on any atom is 0.304 e. The van der Waals surface area contributed by atoms with Crippen molar-refractivity contribution in [1.82, 2.24) is 0 Å². The van der Waals surface area contributed by atoms with Gasteiger partial charge in [-0.15, -0.1) is 0 Å². The van der Waals surface area contributed by atoms with Gasteiger partial charge in [0, 0.05) is 24.4 Å². The van der Waals surface area contributed by atoms with Gasteiger partial charge in [0.25, 0.3) is 0 Å². The van der Waals surface area contributed by atoms with Crippen molar-refractivity contribution in [3.63, 3.8) is 0 Å². The maximum atomic E-state index is 13.5. The molecule has 0 unspecified atom stereocenters. The molecular formula is C15H15FN2O3. The van der Waals surface area contributed by atoms with E-state index >= 15 is 0 Å². The summed E-state index contributed by atoms with van der Waals surface area (Å²) < 4.78 is 18.9. The minimum Gasteiger partial charge on any atom is -0.494 e. The molecule has 0 bridgehead atoms. The highest BCUT2D eigenvalue weighted by Gasteiger charge is 2.13. The fraction of sp³-hybridized carbons (Fsp3) is 0.200. The lowest BCUT2D eigenvalue weighted by Crippen LogP contribution is -2.01. The van der Waals surface area contributed by atoms with E-state index in [1.54, 1.807) is 0 Å². The highest BCUT2D eigenvalue weighted by molar-refractivity contribution is 5.50. The number of nitro benzene ring substituents is 1. The zero-order chi connectivity index (χ0) is 15.2. The van der Waals surface area contributed by atoms with Gasteiger partial charge >= 0.3 is 5.69 Å². The lowest BCUT2D eigenvalue weighted by molar-refractivity contribution is -0.387. The molecule has 0 aliphatic rings. The van der Waals surface area contributed by atoms with Crippen molar-refractivity contribution in [2.45, 2.75) is 13.5 Å². The Balaban J connectivity index is 2.04. The highest BCUT2D eigenvalue weighted by atomic mass is 19.1. The van der Waals surface area contributed by atoms with Crippen molar-refractivity contribution in [2.75, 3.05) is 11.9 Å². The predicted molar refractivity (Wildman–Crippen MR) is 78.0 cm³/mol. The van der Waals surface area contributed by atoms with Crippen LogP contribution in [-0.2, 0) is 6.54 Å². The highest BCUT2D eigenvalue weighted by Crippen LogP contribution is 2.21. The molecule has 0 fully saturated rings. The Morgan fingerprint density at radius 1 is 1.29 bits per heavy atom. The number of hydrogen-bond donors (Lipinski definition) is 1. The zero-order valence-corrected chi connectivity index (χ0v) is 11.5. The molecular weight excluding hydrogens is 275 g/mol. The van der Waals surface area contributed by atoms with E-state index < -0.39 is 16.4 Å². The Hall–Kier alpha value is -2.63. The van der Waals surface area contributed by atoms with Crippen molar-refractivity contribution in [3.05, 3.63) is 64.0 Å². The van der Waals surface area contributed by atoms with Crippen molar-refractivity contribution in [3.8, 4) is 5.75 Å². The van der Waals surface area contributed by atoms with Gasteiger partial charge in [0.1, 0.15) is 5.75 Å². The number of rotatable bonds is 6. The van der Waals surface area contributed by atoms with E-state index in [9.17, 15) is 14.5 Å². The topological polar surface area (TPSA) is 64.4 Å². The first-order valence-electron chi connectivity index (χ1n) is 6.49. The van der Waals surface area contributed by atoms with Crippen LogP contribution >= 0.6 is 0 Å². The second-order valence-corrected chi connectivity index (χ2v) is 4.36. The van der Waals surface area contributed by atoms with Gasteiger partial charge < -0.3 is 10.1 Å². The molecule has 0 saturated heterocycles. The summed E-state index contributed by atoms with van der Waals surface area (Å²) in [4.78, 5) is 9.80. The minimum absolute atomic E-state index is 0.470. The molecule has 2 aromatic carbocycles. The third kappa shape index (κ3) is 3.92. The first-order valence-corrected chi connectivity index (χ1v) is 6.49. The molecule has 5 nitrogen and oxygen atoms in total. The summed E-state index contributed by atoms with van der Waals surface area (Å²) in [5, 5.41) is 13.6. The number of hydrogen-bond acceptors (Lipinski definition) is 4. The molecule has 0 radical (unpaired) electrons. The molecule has 0 aliphatic heterocycles. The molecule has 2 rings (SSSR count). The molecule has 21 heavy (non-hydrogen) atoms. The third-order valence-corrected chi connectivity index (χ3v) is 2.85. The van der Waals surface area contributed by atoms with Crippen LogP contribution < -0.4 is 10.1 Å². The van der Waals surface area contributed by atoms with Gasteiger partial charge in [0.15, 0.2) is 0 Å². The number of anilines is 1. The molecule has 0 atom stereocenters. The number of nitro groups is 1. The lowest BCUT2D eigenvalue weighted by Gasteiger charge is -2.09. The van der Waals surface area contributed by atoms with Gasteiger partial charge in [-0.2, -0.15) is 4.39 Å². The summed E-state index contributed by atoms with van der Waals surface area (Å²) in [7, 11) is 0. The van der Waals surface area contributed by atoms with E-state index in [2.05, 4.69) is 5.32 Å². The van der Waals surface area contributed by atoms with Gasteiger partial charge in [-0.25, -0.2) is 0 Å². The molecule has 0 spiro atoms. The molecule has 110 valence electrons. The van der Waals surface area contributed by atoms with Crippen LogP contribution in [0.15, 0.2) is 42.5 Å². The van der Waals surface area contributed by atoms with Crippen LogP contribution in [0.4, 0.5) is 15.8 Å². The van der Waals surface area contributed by atoms with Crippen LogP contribution in [0.5, 0.6) is 5.75 Å². The number of ether oxygens (including phenoxy) is 1. The fourth-order valence-corrected chi connectivity index (χ4v) is 1.88. The van der Waals surface area contributed by atoms with Gasteiger partial charge in [0.2, 0.25) is 5.82 Å². The predicted octanol–water partition coefficient (Wildman–Crippen LogP) is 3.74. The van der Waals surface area contributed by atoms with Gasteiger partial charge in [-0.05, 0) is 30.7 Å². The lowest BCUT2D eigenvalue weighted by atomic mass is 10.2. The van der Waals surface area contributed by atoms with Gasteiger partial charge in [0.05, 0.1) is 11.5 Å². The van der Waals surface area contributed by atoms with Gasteiger partial charge in [-0.1, -0.05) is 12.1 Å². The summed E-state index contributed by atoms with van der Waals surface area (Å²) in [6.07, 6.45) is 0. The fourth-order valence-electron chi connectivity index (χ4n) is 1.88. The van der Waals surface area contributed by atoms with Crippen LogP contribution in [0.3, 0.4) is 0 Å². The average Bonchev–Trinajstić information content (AvgIpc) is 2.45. The van der Waals surface area contributed by atoms with Crippen molar-refractivity contribution >= 4 is 11.4 Å². The quantitative estimate of drug-likeness (QED) is 0.650. The Labute approximate surface area is 121 Å². The molecule has 1 N–H and O–H groups in total. The number of nitrogens with zero attached hydrogens (tertiary/aromatic N) is 1. The SMILES string of the molecule is CCOc1cccc(CNc2ccc([N+](=O)[O-])c(F)c2)c1. The summed E-state index contributed by atoms with van der Waals surface area (Å²) in [5.74, 6) is -0.0836. The van der Waals surface area contributed by atoms with Crippen molar-refractivity contribution in [1.29, 1.82) is 0 Å². The van der Waals surface area contributed by atoms with Gasteiger partial charge in [-0.3, -0.25) is 10.1 Å². The summed E-state index contributed by atoms with van der Waals surface area (Å²) in [5.41, 5.74) is 0.929. The first kappa shape index (κ1) is 14.8. The Morgan fingerprint density at radius 3 is 2.76 bits per heavy atom. The number of nitrogens with one attached hydrogen (secondary N) is 1. The Kier molecular flexibility index (Phi) is 4.71. The van der Waals surface area contributed by atoms with E-state index in [0.29, 0.717) is 18.8 Å². The Morgan fingerprint density at radius 2 is 2.10 bits per heavy atom. The van der Waals surface area contributed by atoms with E-state index in [1.807, 2.05) is 31.2 Å². The van der Waals surface area contributed by atoms with E-state index in [4.69, 9.17) is 4.74 Å². The number of benzene rings is 2. The minimum atomic E-state index is -0.854. The molecule has 6 heteroatoms. The van der Waals surface area contributed by atoms with E-state index in [1.165, 1.54) is 6.07 Å². The first-order chi connectivity index (χ1) is 10.1. The molecule has 0 aliphatic carbocycles. The summed E-state index contributed by atoms with van der Waals surface area (Å²) in [6.45, 7) is 2.97. The Bertz CT molecular complexity index is 647. The zero-order valence-electron chi connectivity index (χ0n) is 11.5. The van der Waals surface area contributed by atoms with Crippen molar-refractivity contribution < 1.29 is 14.1 Å². The molecule has 0 saturated carbocycles. The molecule has 0 amide bonds. The second-order valence-electron chi connectivity index (χ2n) is 4.36. The second kappa shape index (κ2) is 6.69. The monoisotopic (exact) mass is 290 g/mol. The summed E-state index contributed by atoms with van der Waals surface area (Å²) >= 11 is 0. The molecule has 0 aromatic heterocycles. The average molecular weight is 290 g/mol. The molecule has 0 heterocycles. The van der Waals surface area contributed by atoms with Crippen LogP contribution in [0.25, 0.3) is 0 Å².